The monoisotopic (exact) mass is 253 g/mol. The number of nitrogens with zero attached hydrogens (tertiary/aromatic N) is 2. The molecule has 0 bridgehead atoms. The van der Waals surface area contributed by atoms with E-state index in [1.54, 1.807) is 0 Å². The van der Waals surface area contributed by atoms with Gasteiger partial charge in [0.2, 0.25) is 0 Å². The van der Waals surface area contributed by atoms with E-state index in [0.29, 0.717) is 5.82 Å². The van der Waals surface area contributed by atoms with E-state index in [-0.39, 0.29) is 17.9 Å². The molecule has 1 aromatic heterocycles. The molecule has 0 amide bonds. The Morgan fingerprint density at radius 2 is 2.28 bits per heavy atom. The number of hydrogen-bond donors (Lipinski definition) is 3. The zero-order valence-corrected chi connectivity index (χ0v) is 8.94. The van der Waals surface area contributed by atoms with Crippen LogP contribution in [0.1, 0.15) is 5.82 Å². The minimum atomic E-state index is -0.696. The Balaban J connectivity index is 2.18. The van der Waals surface area contributed by atoms with E-state index in [0.717, 1.165) is 12.1 Å². The Morgan fingerprint density at radius 3 is 2.89 bits per heavy atom. The molecular formula is C9H8FN5O3. The van der Waals surface area contributed by atoms with Crippen molar-refractivity contribution in [2.45, 2.75) is 6.54 Å². The highest BCUT2D eigenvalue weighted by Crippen LogP contribution is 2.25. The van der Waals surface area contributed by atoms with Crippen LogP contribution in [0.2, 0.25) is 0 Å². The van der Waals surface area contributed by atoms with E-state index in [9.17, 15) is 19.3 Å². The van der Waals surface area contributed by atoms with Crippen molar-refractivity contribution in [1.29, 1.82) is 0 Å². The minimum Gasteiger partial charge on any atom is -0.372 e. The van der Waals surface area contributed by atoms with Crippen LogP contribution in [0.25, 0.3) is 0 Å². The van der Waals surface area contributed by atoms with E-state index in [1.165, 1.54) is 6.07 Å². The third kappa shape index (κ3) is 2.51. The number of aromatic nitrogens is 3. The molecule has 3 N–H and O–H groups in total. The Kier molecular flexibility index (Phi) is 3.04. The van der Waals surface area contributed by atoms with E-state index in [1.807, 2.05) is 0 Å². The lowest BCUT2D eigenvalue weighted by Crippen LogP contribution is -2.06. The van der Waals surface area contributed by atoms with E-state index in [2.05, 4.69) is 20.5 Å². The van der Waals surface area contributed by atoms with E-state index in [4.69, 9.17) is 0 Å². The van der Waals surface area contributed by atoms with Crippen LogP contribution in [-0.2, 0) is 6.54 Å². The van der Waals surface area contributed by atoms with Crippen molar-refractivity contribution in [2.24, 2.45) is 0 Å². The zero-order valence-electron chi connectivity index (χ0n) is 8.94. The first-order valence-corrected chi connectivity index (χ1v) is 4.87. The zero-order chi connectivity index (χ0) is 13.1. The molecule has 0 saturated carbocycles. The van der Waals surface area contributed by atoms with Gasteiger partial charge in [-0.05, 0) is 12.1 Å². The second kappa shape index (κ2) is 4.65. The summed E-state index contributed by atoms with van der Waals surface area (Å²) in [7, 11) is 0. The van der Waals surface area contributed by atoms with Crippen LogP contribution in [0.4, 0.5) is 15.8 Å². The summed E-state index contributed by atoms with van der Waals surface area (Å²) in [4.78, 5) is 23.2. The molecule has 8 nitrogen and oxygen atoms in total. The van der Waals surface area contributed by atoms with Crippen molar-refractivity contribution >= 4 is 11.4 Å². The number of aromatic amines is 2. The van der Waals surface area contributed by atoms with Gasteiger partial charge in [0.1, 0.15) is 17.3 Å². The topological polar surface area (TPSA) is 117 Å². The summed E-state index contributed by atoms with van der Waals surface area (Å²) in [5, 5.41) is 19.2. The van der Waals surface area contributed by atoms with Crippen LogP contribution in [-0.4, -0.2) is 20.1 Å². The molecule has 0 unspecified atom stereocenters. The fourth-order valence-electron chi connectivity index (χ4n) is 1.37. The largest absolute Gasteiger partial charge is 0.372 e. The quantitative estimate of drug-likeness (QED) is 0.549. The van der Waals surface area contributed by atoms with Crippen LogP contribution in [0.5, 0.6) is 0 Å². The number of benzene rings is 1. The van der Waals surface area contributed by atoms with Gasteiger partial charge >= 0.3 is 5.69 Å². The summed E-state index contributed by atoms with van der Waals surface area (Å²) >= 11 is 0. The lowest BCUT2D eigenvalue weighted by Gasteiger charge is -2.04. The highest BCUT2D eigenvalue weighted by atomic mass is 19.1. The Bertz CT molecular complexity index is 635. The Morgan fingerprint density at radius 1 is 1.50 bits per heavy atom. The van der Waals surface area contributed by atoms with Gasteiger partial charge in [0.05, 0.1) is 17.5 Å². The lowest BCUT2D eigenvalue weighted by atomic mass is 10.2. The molecule has 0 aliphatic carbocycles. The van der Waals surface area contributed by atoms with Gasteiger partial charge in [-0.15, -0.1) is 0 Å². The van der Waals surface area contributed by atoms with Crippen LogP contribution in [0.15, 0.2) is 23.0 Å². The van der Waals surface area contributed by atoms with E-state index < -0.39 is 16.4 Å². The van der Waals surface area contributed by atoms with Gasteiger partial charge in [-0.3, -0.25) is 15.1 Å². The summed E-state index contributed by atoms with van der Waals surface area (Å²) in [6, 6.07) is 3.16. The van der Waals surface area contributed by atoms with Gasteiger partial charge in [-0.1, -0.05) is 0 Å². The summed E-state index contributed by atoms with van der Waals surface area (Å²) in [6.07, 6.45) is 0. The number of nitro groups is 1. The maximum Gasteiger partial charge on any atom is 0.340 e. The highest BCUT2D eigenvalue weighted by molar-refractivity contribution is 5.61. The summed E-state index contributed by atoms with van der Waals surface area (Å²) in [5.74, 6) is -0.404. The molecule has 2 rings (SSSR count). The predicted molar refractivity (Wildman–Crippen MR) is 59.6 cm³/mol. The smallest absolute Gasteiger partial charge is 0.340 e. The third-order valence-electron chi connectivity index (χ3n) is 2.15. The van der Waals surface area contributed by atoms with Crippen LogP contribution < -0.4 is 11.0 Å². The minimum absolute atomic E-state index is 0.0746. The van der Waals surface area contributed by atoms with Crippen LogP contribution in [0.3, 0.4) is 0 Å². The SMILES string of the molecule is O=c1[nH]nc(CNc2ccc(F)cc2[N+](=O)[O-])[nH]1. The molecule has 0 aliphatic rings. The first-order chi connectivity index (χ1) is 8.56. The average molecular weight is 253 g/mol. The van der Waals surface area contributed by atoms with Crippen molar-refractivity contribution in [3.63, 3.8) is 0 Å². The molecule has 0 fully saturated rings. The first-order valence-electron chi connectivity index (χ1n) is 4.87. The van der Waals surface area contributed by atoms with Gasteiger partial charge in [0, 0.05) is 0 Å². The molecule has 0 aliphatic heterocycles. The molecule has 0 atom stereocenters. The van der Waals surface area contributed by atoms with Gasteiger partial charge in [-0.25, -0.2) is 14.3 Å². The van der Waals surface area contributed by atoms with Crippen LogP contribution in [0, 0.1) is 15.9 Å². The molecule has 9 heteroatoms. The molecule has 0 saturated heterocycles. The van der Waals surface area contributed by atoms with Crippen molar-refractivity contribution in [1.82, 2.24) is 15.2 Å². The highest BCUT2D eigenvalue weighted by Gasteiger charge is 2.14. The second-order valence-corrected chi connectivity index (χ2v) is 3.40. The maximum absolute atomic E-state index is 12.9. The summed E-state index contributed by atoms with van der Waals surface area (Å²) in [5.41, 5.74) is -0.710. The normalized spacial score (nSPS) is 10.3. The molecule has 1 heterocycles. The molecule has 0 radical (unpaired) electrons. The van der Waals surface area contributed by atoms with Gasteiger partial charge in [0.25, 0.3) is 5.69 Å². The lowest BCUT2D eigenvalue weighted by molar-refractivity contribution is -0.384. The van der Waals surface area contributed by atoms with Crippen LogP contribution >= 0.6 is 0 Å². The number of rotatable bonds is 4. The average Bonchev–Trinajstić information content (AvgIpc) is 2.73. The molecule has 94 valence electrons. The maximum atomic E-state index is 12.9. The van der Waals surface area contributed by atoms with Crippen molar-refractivity contribution in [2.75, 3.05) is 5.32 Å². The molecule has 2 aromatic rings. The van der Waals surface area contributed by atoms with Gasteiger partial charge in [-0.2, -0.15) is 5.10 Å². The number of nitrogens with one attached hydrogen (secondary N) is 3. The number of anilines is 1. The Labute approximate surface area is 99.0 Å². The number of hydrogen-bond acceptors (Lipinski definition) is 5. The molecular weight excluding hydrogens is 245 g/mol. The fraction of sp³-hybridized carbons (Fsp3) is 0.111. The number of H-pyrrole nitrogens is 2. The second-order valence-electron chi connectivity index (χ2n) is 3.40. The van der Waals surface area contributed by atoms with Crippen molar-refractivity contribution in [3.05, 3.63) is 50.4 Å². The molecule has 0 spiro atoms. The molecule has 18 heavy (non-hydrogen) atoms. The van der Waals surface area contributed by atoms with Crippen molar-refractivity contribution < 1.29 is 9.31 Å². The fourth-order valence-corrected chi connectivity index (χ4v) is 1.37. The Hall–Kier alpha value is -2.71. The summed E-state index contributed by atoms with van der Waals surface area (Å²) < 4.78 is 12.9. The standard InChI is InChI=1S/C9H8FN5O3/c10-5-1-2-6(7(3-5)15(17)18)11-4-8-12-9(16)14-13-8/h1-3,11H,4H2,(H2,12,13,14,16). The number of halogens is 1. The van der Waals surface area contributed by atoms with Gasteiger partial charge < -0.3 is 5.32 Å². The number of nitro benzene ring substituents is 1. The predicted octanol–water partition coefficient (Wildman–Crippen LogP) is 0.757. The summed E-state index contributed by atoms with van der Waals surface area (Å²) in [6.45, 7) is 0.0746. The van der Waals surface area contributed by atoms with Gasteiger partial charge in [0.15, 0.2) is 0 Å². The molecule has 1 aromatic carbocycles. The first kappa shape index (κ1) is 11.8. The van der Waals surface area contributed by atoms with E-state index >= 15 is 0 Å². The van der Waals surface area contributed by atoms with Crippen molar-refractivity contribution in [3.8, 4) is 0 Å². The third-order valence-corrected chi connectivity index (χ3v) is 2.15.